The van der Waals surface area contributed by atoms with Crippen LogP contribution in [0.3, 0.4) is 0 Å². The van der Waals surface area contributed by atoms with E-state index in [9.17, 15) is 4.79 Å². The summed E-state index contributed by atoms with van der Waals surface area (Å²) >= 11 is 6.26. The van der Waals surface area contributed by atoms with Gasteiger partial charge in [0.05, 0.1) is 30.3 Å². The van der Waals surface area contributed by atoms with Crippen molar-refractivity contribution >= 4 is 23.2 Å². The Morgan fingerprint density at radius 2 is 2.17 bits per heavy atom. The van der Waals surface area contributed by atoms with Crippen molar-refractivity contribution in [1.82, 2.24) is 15.0 Å². The van der Waals surface area contributed by atoms with E-state index >= 15 is 0 Å². The molecule has 3 rings (SSSR count). The number of aryl methyl sites for hydroxylation is 1. The SMILES string of the molecule is Cc1nc(CNc2ccc(C(=O)N3CCOCC3)c(Cl)c2)no1. The molecule has 23 heavy (non-hydrogen) atoms. The summed E-state index contributed by atoms with van der Waals surface area (Å²) in [6.45, 7) is 4.46. The van der Waals surface area contributed by atoms with E-state index in [0.717, 1.165) is 5.69 Å². The molecule has 1 N–H and O–H groups in total. The summed E-state index contributed by atoms with van der Waals surface area (Å²) in [4.78, 5) is 18.3. The lowest BCUT2D eigenvalue weighted by atomic mass is 10.1. The van der Waals surface area contributed by atoms with Crippen LogP contribution in [0.2, 0.25) is 5.02 Å². The Morgan fingerprint density at radius 1 is 1.39 bits per heavy atom. The van der Waals surface area contributed by atoms with Gasteiger partial charge in [-0.05, 0) is 18.2 Å². The molecule has 0 saturated carbocycles. The molecule has 0 bridgehead atoms. The second-order valence-electron chi connectivity index (χ2n) is 5.18. The van der Waals surface area contributed by atoms with E-state index in [1.165, 1.54) is 0 Å². The van der Waals surface area contributed by atoms with Crippen molar-refractivity contribution in [2.24, 2.45) is 0 Å². The molecule has 0 aliphatic carbocycles. The van der Waals surface area contributed by atoms with Gasteiger partial charge in [0.25, 0.3) is 5.91 Å². The number of carbonyl (C=O) groups is 1. The van der Waals surface area contributed by atoms with Crippen LogP contribution in [0.15, 0.2) is 22.7 Å². The van der Waals surface area contributed by atoms with Crippen molar-refractivity contribution in [3.05, 3.63) is 40.5 Å². The number of benzene rings is 1. The normalized spacial score (nSPS) is 14.8. The topological polar surface area (TPSA) is 80.5 Å². The number of anilines is 1. The van der Waals surface area contributed by atoms with Crippen molar-refractivity contribution in [3.63, 3.8) is 0 Å². The summed E-state index contributed by atoms with van der Waals surface area (Å²) < 4.78 is 10.2. The Labute approximate surface area is 138 Å². The van der Waals surface area contributed by atoms with Crippen LogP contribution in [0, 0.1) is 6.92 Å². The van der Waals surface area contributed by atoms with Crippen molar-refractivity contribution in [2.45, 2.75) is 13.5 Å². The third-order valence-corrected chi connectivity index (χ3v) is 3.83. The predicted molar refractivity (Wildman–Crippen MR) is 84.5 cm³/mol. The van der Waals surface area contributed by atoms with Gasteiger partial charge in [-0.2, -0.15) is 4.98 Å². The third kappa shape index (κ3) is 3.80. The van der Waals surface area contributed by atoms with Crippen LogP contribution in [0.5, 0.6) is 0 Å². The predicted octanol–water partition coefficient (Wildman–Crippen LogP) is 2.12. The number of amides is 1. The van der Waals surface area contributed by atoms with Crippen LogP contribution in [0.1, 0.15) is 22.1 Å². The summed E-state index contributed by atoms with van der Waals surface area (Å²) in [7, 11) is 0. The second kappa shape index (κ2) is 6.97. The van der Waals surface area contributed by atoms with Gasteiger partial charge in [0, 0.05) is 25.7 Å². The standard InChI is InChI=1S/C15H17ClN4O3/c1-10-18-14(19-23-10)9-17-11-2-3-12(13(16)8-11)15(21)20-4-6-22-7-5-20/h2-3,8,17H,4-7,9H2,1H3. The van der Waals surface area contributed by atoms with Gasteiger partial charge in [-0.15, -0.1) is 0 Å². The fourth-order valence-corrected chi connectivity index (χ4v) is 2.59. The molecule has 0 unspecified atom stereocenters. The van der Waals surface area contributed by atoms with Crippen molar-refractivity contribution in [2.75, 3.05) is 31.6 Å². The first-order valence-corrected chi connectivity index (χ1v) is 7.71. The first kappa shape index (κ1) is 15.8. The van der Waals surface area contributed by atoms with E-state index in [4.69, 9.17) is 20.9 Å². The van der Waals surface area contributed by atoms with Gasteiger partial charge in [-0.25, -0.2) is 0 Å². The molecule has 2 aromatic rings. The molecule has 1 aromatic heterocycles. The maximum Gasteiger partial charge on any atom is 0.255 e. The van der Waals surface area contributed by atoms with E-state index in [1.54, 1.807) is 24.0 Å². The van der Waals surface area contributed by atoms with Gasteiger partial charge in [0.2, 0.25) is 5.89 Å². The average Bonchev–Trinajstić information content (AvgIpc) is 2.99. The first-order valence-electron chi connectivity index (χ1n) is 7.33. The second-order valence-corrected chi connectivity index (χ2v) is 5.59. The van der Waals surface area contributed by atoms with Crippen LogP contribution in [-0.2, 0) is 11.3 Å². The number of rotatable bonds is 4. The van der Waals surface area contributed by atoms with Crippen LogP contribution in [0.4, 0.5) is 5.69 Å². The molecule has 122 valence electrons. The molecule has 1 aliphatic heterocycles. The zero-order valence-electron chi connectivity index (χ0n) is 12.7. The number of aromatic nitrogens is 2. The Hall–Kier alpha value is -2.12. The Bertz CT molecular complexity index is 698. The highest BCUT2D eigenvalue weighted by Crippen LogP contribution is 2.23. The molecule has 1 saturated heterocycles. The van der Waals surface area contributed by atoms with Gasteiger partial charge in [-0.1, -0.05) is 16.8 Å². The molecule has 2 heterocycles. The number of hydrogen-bond donors (Lipinski definition) is 1. The minimum atomic E-state index is -0.0707. The Balaban J connectivity index is 1.66. The van der Waals surface area contributed by atoms with Crippen LogP contribution in [0.25, 0.3) is 0 Å². The lowest BCUT2D eigenvalue weighted by molar-refractivity contribution is 0.0303. The monoisotopic (exact) mass is 336 g/mol. The molecule has 1 fully saturated rings. The number of carbonyl (C=O) groups excluding carboxylic acids is 1. The van der Waals surface area contributed by atoms with Crippen LogP contribution in [-0.4, -0.2) is 47.3 Å². The van der Waals surface area contributed by atoms with Gasteiger partial charge in [-0.3, -0.25) is 4.79 Å². The zero-order valence-corrected chi connectivity index (χ0v) is 13.5. The highest BCUT2D eigenvalue weighted by atomic mass is 35.5. The van der Waals surface area contributed by atoms with E-state index in [2.05, 4.69) is 15.5 Å². The number of halogens is 1. The highest BCUT2D eigenvalue weighted by Gasteiger charge is 2.20. The molecule has 0 atom stereocenters. The number of morpholine rings is 1. The minimum Gasteiger partial charge on any atom is -0.378 e. The van der Waals surface area contributed by atoms with Crippen molar-refractivity contribution in [3.8, 4) is 0 Å². The largest absolute Gasteiger partial charge is 0.378 e. The summed E-state index contributed by atoms with van der Waals surface area (Å²) in [5, 5.41) is 7.37. The van der Waals surface area contributed by atoms with E-state index < -0.39 is 0 Å². The number of nitrogens with one attached hydrogen (secondary N) is 1. The quantitative estimate of drug-likeness (QED) is 0.921. The summed E-state index contributed by atoms with van der Waals surface area (Å²) in [5.41, 5.74) is 1.28. The van der Waals surface area contributed by atoms with E-state index in [0.29, 0.717) is 55.1 Å². The number of nitrogens with zero attached hydrogens (tertiary/aromatic N) is 3. The molecule has 0 radical (unpaired) electrons. The number of hydrogen-bond acceptors (Lipinski definition) is 6. The summed E-state index contributed by atoms with van der Waals surface area (Å²) in [5.74, 6) is 1.01. The molecule has 0 spiro atoms. The summed E-state index contributed by atoms with van der Waals surface area (Å²) in [6, 6.07) is 5.26. The minimum absolute atomic E-state index is 0.0707. The average molecular weight is 337 g/mol. The lowest BCUT2D eigenvalue weighted by Gasteiger charge is -2.27. The van der Waals surface area contributed by atoms with Gasteiger partial charge < -0.3 is 19.5 Å². The summed E-state index contributed by atoms with van der Waals surface area (Å²) in [6.07, 6.45) is 0. The van der Waals surface area contributed by atoms with Crippen molar-refractivity contribution < 1.29 is 14.1 Å². The van der Waals surface area contributed by atoms with E-state index in [-0.39, 0.29) is 5.91 Å². The third-order valence-electron chi connectivity index (χ3n) is 3.52. The zero-order chi connectivity index (χ0) is 16.2. The van der Waals surface area contributed by atoms with E-state index in [1.807, 2.05) is 6.07 Å². The maximum atomic E-state index is 12.4. The molecule has 1 amide bonds. The molecule has 7 nitrogen and oxygen atoms in total. The highest BCUT2D eigenvalue weighted by molar-refractivity contribution is 6.34. The van der Waals surface area contributed by atoms with Crippen LogP contribution < -0.4 is 5.32 Å². The van der Waals surface area contributed by atoms with Gasteiger partial charge >= 0.3 is 0 Å². The lowest BCUT2D eigenvalue weighted by Crippen LogP contribution is -2.40. The smallest absolute Gasteiger partial charge is 0.255 e. The van der Waals surface area contributed by atoms with Gasteiger partial charge in [0.1, 0.15) is 0 Å². The molecule has 8 heteroatoms. The molecular formula is C15H17ClN4O3. The van der Waals surface area contributed by atoms with Crippen LogP contribution >= 0.6 is 11.6 Å². The first-order chi connectivity index (χ1) is 11.1. The fourth-order valence-electron chi connectivity index (χ4n) is 2.33. The number of ether oxygens (including phenoxy) is 1. The molecule has 1 aliphatic rings. The molecule has 1 aromatic carbocycles. The fraction of sp³-hybridized carbons (Fsp3) is 0.400. The Kier molecular flexibility index (Phi) is 4.78. The maximum absolute atomic E-state index is 12.4. The Morgan fingerprint density at radius 3 is 2.83 bits per heavy atom. The molecular weight excluding hydrogens is 320 g/mol. The van der Waals surface area contributed by atoms with Crippen molar-refractivity contribution in [1.29, 1.82) is 0 Å². The van der Waals surface area contributed by atoms with Gasteiger partial charge in [0.15, 0.2) is 5.82 Å².